The molecule has 2 saturated carbocycles. The van der Waals surface area contributed by atoms with E-state index in [9.17, 15) is 5.11 Å². The van der Waals surface area contributed by atoms with Gasteiger partial charge in [-0.2, -0.15) is 0 Å². The SMILES string of the molecule is CC1=C(c2ncccn2)[C@@]2(C)CC[C@@H]3[C@@H](C(C)C=C4CC(O)CC[C@@]43C)[C@@H]2C1. The summed E-state index contributed by atoms with van der Waals surface area (Å²) in [6.45, 7) is 9.75. The van der Waals surface area contributed by atoms with Crippen molar-refractivity contribution in [1.82, 2.24) is 9.97 Å². The first-order valence-electron chi connectivity index (χ1n) is 11.2. The lowest BCUT2D eigenvalue weighted by Crippen LogP contribution is -2.52. The molecule has 1 aromatic heterocycles. The average molecular weight is 379 g/mol. The Kier molecular flexibility index (Phi) is 4.14. The quantitative estimate of drug-likeness (QED) is 0.663. The summed E-state index contributed by atoms with van der Waals surface area (Å²) in [5.41, 5.74) is 4.97. The molecule has 3 heteroatoms. The van der Waals surface area contributed by atoms with Crippen molar-refractivity contribution in [2.75, 3.05) is 0 Å². The molecular formula is C25H34N2O. The first-order valence-corrected chi connectivity index (χ1v) is 11.2. The lowest BCUT2D eigenvalue weighted by Gasteiger charge is -2.59. The zero-order chi connectivity index (χ0) is 19.7. The molecule has 2 fully saturated rings. The van der Waals surface area contributed by atoms with E-state index in [-0.39, 0.29) is 16.9 Å². The maximum absolute atomic E-state index is 10.3. The van der Waals surface area contributed by atoms with Gasteiger partial charge in [0, 0.05) is 18.0 Å². The molecule has 1 aromatic rings. The minimum absolute atomic E-state index is 0.130. The van der Waals surface area contributed by atoms with Crippen LogP contribution in [-0.2, 0) is 0 Å². The van der Waals surface area contributed by atoms with E-state index in [1.807, 2.05) is 18.5 Å². The van der Waals surface area contributed by atoms with Crippen molar-refractivity contribution in [3.8, 4) is 0 Å². The van der Waals surface area contributed by atoms with Gasteiger partial charge in [0.25, 0.3) is 0 Å². The molecule has 1 N–H and O–H groups in total. The number of aromatic nitrogens is 2. The van der Waals surface area contributed by atoms with Crippen LogP contribution in [0.15, 0.2) is 35.7 Å². The average Bonchev–Trinajstić information content (AvgIpc) is 2.94. The van der Waals surface area contributed by atoms with Crippen LogP contribution in [0.25, 0.3) is 5.57 Å². The number of aliphatic hydroxyl groups excluding tert-OH is 1. The van der Waals surface area contributed by atoms with Gasteiger partial charge in [0.05, 0.1) is 6.10 Å². The van der Waals surface area contributed by atoms with Crippen LogP contribution in [0.4, 0.5) is 0 Å². The number of allylic oxidation sites excluding steroid dienone is 3. The van der Waals surface area contributed by atoms with E-state index in [1.54, 1.807) is 5.57 Å². The molecule has 3 nitrogen and oxygen atoms in total. The Balaban J connectivity index is 1.55. The summed E-state index contributed by atoms with van der Waals surface area (Å²) in [5.74, 6) is 3.69. The predicted molar refractivity (Wildman–Crippen MR) is 112 cm³/mol. The second kappa shape index (κ2) is 6.26. The van der Waals surface area contributed by atoms with Crippen molar-refractivity contribution in [1.29, 1.82) is 0 Å². The Hall–Kier alpha value is -1.48. The van der Waals surface area contributed by atoms with E-state index in [2.05, 4.69) is 43.7 Å². The molecule has 5 rings (SSSR count). The van der Waals surface area contributed by atoms with Gasteiger partial charge >= 0.3 is 0 Å². The van der Waals surface area contributed by atoms with Gasteiger partial charge in [0.2, 0.25) is 0 Å². The van der Waals surface area contributed by atoms with Gasteiger partial charge in [-0.3, -0.25) is 0 Å². The van der Waals surface area contributed by atoms with Crippen LogP contribution >= 0.6 is 0 Å². The highest BCUT2D eigenvalue weighted by atomic mass is 16.3. The van der Waals surface area contributed by atoms with E-state index in [0.717, 1.165) is 36.9 Å². The van der Waals surface area contributed by atoms with Crippen LogP contribution in [0.3, 0.4) is 0 Å². The van der Waals surface area contributed by atoms with E-state index in [4.69, 9.17) is 0 Å². The predicted octanol–water partition coefficient (Wildman–Crippen LogP) is 5.43. The van der Waals surface area contributed by atoms with Crippen molar-refractivity contribution in [2.45, 2.75) is 72.3 Å². The van der Waals surface area contributed by atoms with Crippen molar-refractivity contribution < 1.29 is 5.11 Å². The molecule has 7 atom stereocenters. The summed E-state index contributed by atoms with van der Waals surface area (Å²) < 4.78 is 0. The first kappa shape index (κ1) is 18.5. The van der Waals surface area contributed by atoms with Crippen molar-refractivity contribution in [3.05, 3.63) is 41.5 Å². The van der Waals surface area contributed by atoms with Gasteiger partial charge in [-0.15, -0.1) is 0 Å². The molecule has 4 aliphatic carbocycles. The lowest BCUT2D eigenvalue weighted by atomic mass is 9.45. The number of aliphatic hydroxyl groups is 1. The van der Waals surface area contributed by atoms with Gasteiger partial charge in [-0.1, -0.05) is 38.0 Å². The third kappa shape index (κ3) is 2.44. The monoisotopic (exact) mass is 378 g/mol. The second-order valence-electron chi connectivity index (χ2n) is 10.5. The molecule has 0 saturated heterocycles. The summed E-state index contributed by atoms with van der Waals surface area (Å²) in [4.78, 5) is 9.30. The van der Waals surface area contributed by atoms with Crippen molar-refractivity contribution in [2.24, 2.45) is 34.5 Å². The Labute approximate surface area is 169 Å². The van der Waals surface area contributed by atoms with E-state index >= 15 is 0 Å². The van der Waals surface area contributed by atoms with Gasteiger partial charge in [0.15, 0.2) is 5.82 Å². The molecule has 0 spiro atoms. The molecular weight excluding hydrogens is 344 g/mol. The summed E-state index contributed by atoms with van der Waals surface area (Å²) >= 11 is 0. The smallest absolute Gasteiger partial charge is 0.155 e. The van der Waals surface area contributed by atoms with Crippen LogP contribution < -0.4 is 0 Å². The number of rotatable bonds is 1. The molecule has 0 radical (unpaired) electrons. The van der Waals surface area contributed by atoms with E-state index < -0.39 is 0 Å². The van der Waals surface area contributed by atoms with Crippen LogP contribution in [-0.4, -0.2) is 21.2 Å². The molecule has 4 aliphatic rings. The number of hydrogen-bond acceptors (Lipinski definition) is 3. The number of nitrogens with zero attached hydrogens (tertiary/aromatic N) is 2. The van der Waals surface area contributed by atoms with E-state index in [0.29, 0.717) is 11.8 Å². The van der Waals surface area contributed by atoms with Gasteiger partial charge in [-0.05, 0) is 86.0 Å². The number of fused-ring (bicyclic) bond motifs is 5. The van der Waals surface area contributed by atoms with Gasteiger partial charge < -0.3 is 5.11 Å². The summed E-state index contributed by atoms with van der Waals surface area (Å²) in [6, 6.07) is 1.92. The molecule has 150 valence electrons. The highest BCUT2D eigenvalue weighted by Crippen LogP contribution is 2.68. The van der Waals surface area contributed by atoms with Crippen molar-refractivity contribution >= 4 is 5.57 Å². The maximum atomic E-state index is 10.3. The molecule has 0 aliphatic heterocycles. The molecule has 0 amide bonds. The minimum atomic E-state index is -0.130. The van der Waals surface area contributed by atoms with Gasteiger partial charge in [-0.25, -0.2) is 9.97 Å². The third-order valence-corrected chi connectivity index (χ3v) is 9.11. The molecule has 2 unspecified atom stereocenters. The molecule has 28 heavy (non-hydrogen) atoms. The van der Waals surface area contributed by atoms with Crippen LogP contribution in [0.2, 0.25) is 0 Å². The van der Waals surface area contributed by atoms with Gasteiger partial charge in [0.1, 0.15) is 0 Å². The maximum Gasteiger partial charge on any atom is 0.155 e. The fourth-order valence-corrected chi connectivity index (χ4v) is 7.81. The first-order chi connectivity index (χ1) is 13.3. The second-order valence-corrected chi connectivity index (χ2v) is 10.5. The highest BCUT2D eigenvalue weighted by Gasteiger charge is 2.59. The van der Waals surface area contributed by atoms with Crippen LogP contribution in [0, 0.1) is 34.5 Å². The summed E-state index contributed by atoms with van der Waals surface area (Å²) in [6.07, 6.45) is 12.9. The minimum Gasteiger partial charge on any atom is -0.393 e. The zero-order valence-corrected chi connectivity index (χ0v) is 17.8. The normalized spacial score (nSPS) is 45.2. The van der Waals surface area contributed by atoms with Crippen LogP contribution in [0.1, 0.15) is 72.0 Å². The largest absolute Gasteiger partial charge is 0.393 e. The topological polar surface area (TPSA) is 46.0 Å². The third-order valence-electron chi connectivity index (χ3n) is 9.11. The zero-order valence-electron chi connectivity index (χ0n) is 17.8. The van der Waals surface area contributed by atoms with Crippen molar-refractivity contribution in [3.63, 3.8) is 0 Å². The Morgan fingerprint density at radius 3 is 2.46 bits per heavy atom. The Bertz CT molecular complexity index is 843. The fraction of sp³-hybridized carbons (Fsp3) is 0.680. The number of hydrogen-bond donors (Lipinski definition) is 1. The molecule has 1 heterocycles. The fourth-order valence-electron chi connectivity index (χ4n) is 7.81. The molecule has 0 aromatic carbocycles. The standard InChI is InChI=1S/C25H34N2O/c1-15-12-17-14-18(28)6-8-24(17,3)19-7-9-25(4)20(21(15)19)13-16(2)22(25)23-26-10-5-11-27-23/h5,10-12,15,18-21,28H,6-9,13-14H2,1-4H3/t15?,18?,19-,20+,21-,24+,25+/m1/s1. The van der Waals surface area contributed by atoms with E-state index in [1.165, 1.54) is 30.4 Å². The highest BCUT2D eigenvalue weighted by molar-refractivity contribution is 5.71. The molecule has 0 bridgehead atoms. The summed E-state index contributed by atoms with van der Waals surface area (Å²) in [7, 11) is 0. The lowest BCUT2D eigenvalue weighted by molar-refractivity contribution is -0.0429. The Morgan fingerprint density at radius 1 is 1.00 bits per heavy atom. The Morgan fingerprint density at radius 2 is 1.71 bits per heavy atom. The summed E-state index contributed by atoms with van der Waals surface area (Å²) in [5, 5.41) is 10.3. The van der Waals surface area contributed by atoms with Crippen LogP contribution in [0.5, 0.6) is 0 Å².